The number of carbonyl (C=O) groups is 1. The standard InChI is InChI=1S/C13H19NO3/c1-2-6-11(15)12(14)13(16)17-9-10-7-4-3-5-8-10/h3-5,7-8,11-12,15H,2,6,9,14H2,1H3. The highest BCUT2D eigenvalue weighted by atomic mass is 16.5. The molecule has 94 valence electrons. The number of carbonyl (C=O) groups excluding carboxylic acids is 1. The molecule has 0 aliphatic rings. The first kappa shape index (κ1) is 13.7. The van der Waals surface area contributed by atoms with Crippen molar-refractivity contribution in [1.29, 1.82) is 0 Å². The highest BCUT2D eigenvalue weighted by Crippen LogP contribution is 2.05. The molecule has 2 atom stereocenters. The molecule has 0 aromatic heterocycles. The van der Waals surface area contributed by atoms with Crippen LogP contribution >= 0.6 is 0 Å². The Morgan fingerprint density at radius 2 is 2.06 bits per heavy atom. The van der Waals surface area contributed by atoms with Gasteiger partial charge in [0.2, 0.25) is 0 Å². The summed E-state index contributed by atoms with van der Waals surface area (Å²) in [6.07, 6.45) is 0.450. The molecule has 3 N–H and O–H groups in total. The van der Waals surface area contributed by atoms with Crippen LogP contribution in [0.3, 0.4) is 0 Å². The second kappa shape index (κ2) is 7.04. The Balaban J connectivity index is 2.39. The number of hydrogen-bond acceptors (Lipinski definition) is 4. The van der Waals surface area contributed by atoms with E-state index in [9.17, 15) is 9.90 Å². The Kier molecular flexibility index (Phi) is 5.66. The van der Waals surface area contributed by atoms with Crippen molar-refractivity contribution in [3.63, 3.8) is 0 Å². The first-order chi connectivity index (χ1) is 8.15. The lowest BCUT2D eigenvalue weighted by molar-refractivity contribution is -0.149. The topological polar surface area (TPSA) is 72.5 Å². The maximum absolute atomic E-state index is 11.5. The van der Waals surface area contributed by atoms with Gasteiger partial charge in [0.05, 0.1) is 6.10 Å². The minimum Gasteiger partial charge on any atom is -0.460 e. The zero-order chi connectivity index (χ0) is 12.7. The number of aliphatic hydroxyl groups is 1. The van der Waals surface area contributed by atoms with Crippen molar-refractivity contribution >= 4 is 5.97 Å². The van der Waals surface area contributed by atoms with Gasteiger partial charge >= 0.3 is 5.97 Å². The van der Waals surface area contributed by atoms with Crippen LogP contribution in [-0.2, 0) is 16.1 Å². The SMILES string of the molecule is CCCC(O)C(N)C(=O)OCc1ccccc1. The van der Waals surface area contributed by atoms with E-state index in [4.69, 9.17) is 10.5 Å². The van der Waals surface area contributed by atoms with Gasteiger partial charge in [-0.15, -0.1) is 0 Å². The molecule has 2 unspecified atom stereocenters. The molecule has 0 amide bonds. The van der Waals surface area contributed by atoms with Crippen molar-refractivity contribution in [3.05, 3.63) is 35.9 Å². The summed E-state index contributed by atoms with van der Waals surface area (Å²) in [6.45, 7) is 2.11. The first-order valence-corrected chi connectivity index (χ1v) is 5.79. The fourth-order valence-corrected chi connectivity index (χ4v) is 1.46. The van der Waals surface area contributed by atoms with E-state index in [0.29, 0.717) is 6.42 Å². The minimum atomic E-state index is -0.960. The van der Waals surface area contributed by atoms with Crippen LogP contribution in [-0.4, -0.2) is 23.2 Å². The van der Waals surface area contributed by atoms with Crippen LogP contribution < -0.4 is 5.73 Å². The smallest absolute Gasteiger partial charge is 0.325 e. The lowest BCUT2D eigenvalue weighted by Crippen LogP contribution is -2.42. The van der Waals surface area contributed by atoms with Crippen LogP contribution in [0.15, 0.2) is 30.3 Å². The summed E-state index contributed by atoms with van der Waals surface area (Å²) in [7, 11) is 0. The molecule has 17 heavy (non-hydrogen) atoms. The van der Waals surface area contributed by atoms with Gasteiger partial charge in [-0.1, -0.05) is 43.7 Å². The summed E-state index contributed by atoms with van der Waals surface area (Å²) in [6, 6.07) is 8.40. The lowest BCUT2D eigenvalue weighted by Gasteiger charge is -2.16. The third-order valence-corrected chi connectivity index (χ3v) is 2.50. The van der Waals surface area contributed by atoms with Gasteiger partial charge in [-0.25, -0.2) is 0 Å². The van der Waals surface area contributed by atoms with E-state index >= 15 is 0 Å². The quantitative estimate of drug-likeness (QED) is 0.730. The number of rotatable bonds is 6. The molecule has 1 aromatic carbocycles. The van der Waals surface area contributed by atoms with E-state index < -0.39 is 18.1 Å². The Hall–Kier alpha value is -1.39. The average molecular weight is 237 g/mol. The van der Waals surface area contributed by atoms with Gasteiger partial charge in [0.15, 0.2) is 0 Å². The van der Waals surface area contributed by atoms with E-state index in [1.165, 1.54) is 0 Å². The molecule has 0 aliphatic heterocycles. The zero-order valence-electron chi connectivity index (χ0n) is 10.0. The summed E-state index contributed by atoms with van der Waals surface area (Å²) in [5, 5.41) is 9.56. The Labute approximate surface area is 101 Å². The summed E-state index contributed by atoms with van der Waals surface area (Å²) >= 11 is 0. The van der Waals surface area contributed by atoms with Crippen molar-refractivity contribution in [3.8, 4) is 0 Å². The van der Waals surface area contributed by atoms with Crippen LogP contribution in [0.5, 0.6) is 0 Å². The van der Waals surface area contributed by atoms with Crippen molar-refractivity contribution in [1.82, 2.24) is 0 Å². The largest absolute Gasteiger partial charge is 0.460 e. The van der Waals surface area contributed by atoms with Gasteiger partial charge in [0.25, 0.3) is 0 Å². The molecule has 0 heterocycles. The van der Waals surface area contributed by atoms with Crippen LogP contribution in [0.2, 0.25) is 0 Å². The molecule has 0 aliphatic carbocycles. The van der Waals surface area contributed by atoms with Gasteiger partial charge in [-0.2, -0.15) is 0 Å². The van der Waals surface area contributed by atoms with E-state index in [-0.39, 0.29) is 6.61 Å². The number of nitrogens with two attached hydrogens (primary N) is 1. The minimum absolute atomic E-state index is 0.187. The summed E-state index contributed by atoms with van der Waals surface area (Å²) in [5.74, 6) is -0.560. The molecule has 0 radical (unpaired) electrons. The van der Waals surface area contributed by atoms with Crippen molar-refractivity contribution in [2.24, 2.45) is 5.73 Å². The molecule has 1 rings (SSSR count). The molecule has 0 spiro atoms. The molecule has 4 nitrogen and oxygen atoms in total. The van der Waals surface area contributed by atoms with Crippen LogP contribution in [0, 0.1) is 0 Å². The second-order valence-corrected chi connectivity index (χ2v) is 3.98. The maximum atomic E-state index is 11.5. The number of aliphatic hydroxyl groups excluding tert-OH is 1. The van der Waals surface area contributed by atoms with Crippen LogP contribution in [0.25, 0.3) is 0 Å². The number of benzene rings is 1. The van der Waals surface area contributed by atoms with E-state index in [1.807, 2.05) is 37.3 Å². The van der Waals surface area contributed by atoms with Crippen molar-refractivity contribution < 1.29 is 14.6 Å². The van der Waals surface area contributed by atoms with Crippen LogP contribution in [0.4, 0.5) is 0 Å². The Morgan fingerprint density at radius 3 is 2.65 bits per heavy atom. The average Bonchev–Trinajstić information content (AvgIpc) is 2.36. The van der Waals surface area contributed by atoms with E-state index in [1.54, 1.807) is 0 Å². The molecule has 0 saturated carbocycles. The van der Waals surface area contributed by atoms with Gasteiger partial charge in [0.1, 0.15) is 12.6 Å². The normalized spacial score (nSPS) is 14.1. The van der Waals surface area contributed by atoms with Crippen molar-refractivity contribution in [2.75, 3.05) is 0 Å². The second-order valence-electron chi connectivity index (χ2n) is 3.98. The van der Waals surface area contributed by atoms with Crippen molar-refractivity contribution in [2.45, 2.75) is 38.5 Å². The number of ether oxygens (including phenoxy) is 1. The predicted molar refractivity (Wildman–Crippen MR) is 65.1 cm³/mol. The summed E-state index contributed by atoms with van der Waals surface area (Å²) in [5.41, 5.74) is 6.49. The monoisotopic (exact) mass is 237 g/mol. The molecule has 4 heteroatoms. The summed E-state index contributed by atoms with van der Waals surface area (Å²) in [4.78, 5) is 11.5. The molecular formula is C13H19NO3. The van der Waals surface area contributed by atoms with E-state index in [0.717, 1.165) is 12.0 Å². The highest BCUT2D eigenvalue weighted by molar-refractivity contribution is 5.76. The van der Waals surface area contributed by atoms with Gasteiger partial charge in [-0.05, 0) is 12.0 Å². The number of hydrogen-bond donors (Lipinski definition) is 2. The van der Waals surface area contributed by atoms with Gasteiger partial charge < -0.3 is 15.6 Å². The van der Waals surface area contributed by atoms with Crippen LogP contribution in [0.1, 0.15) is 25.3 Å². The molecule has 0 fully saturated rings. The molecule has 1 aromatic rings. The number of esters is 1. The van der Waals surface area contributed by atoms with Gasteiger partial charge in [-0.3, -0.25) is 4.79 Å². The third kappa shape index (κ3) is 4.54. The Bertz CT molecular complexity index is 340. The van der Waals surface area contributed by atoms with E-state index in [2.05, 4.69) is 0 Å². The predicted octanol–water partition coefficient (Wildman–Crippen LogP) is 1.22. The molecule has 0 saturated heterocycles. The Morgan fingerprint density at radius 1 is 1.41 bits per heavy atom. The fourth-order valence-electron chi connectivity index (χ4n) is 1.46. The summed E-state index contributed by atoms with van der Waals surface area (Å²) < 4.78 is 5.03. The molecular weight excluding hydrogens is 218 g/mol. The molecule has 0 bridgehead atoms. The highest BCUT2D eigenvalue weighted by Gasteiger charge is 2.23. The van der Waals surface area contributed by atoms with Gasteiger partial charge in [0, 0.05) is 0 Å². The fraction of sp³-hybridized carbons (Fsp3) is 0.462. The maximum Gasteiger partial charge on any atom is 0.325 e. The third-order valence-electron chi connectivity index (χ3n) is 2.50. The first-order valence-electron chi connectivity index (χ1n) is 5.79. The lowest BCUT2D eigenvalue weighted by atomic mass is 10.1. The zero-order valence-corrected chi connectivity index (χ0v) is 10.0.